The van der Waals surface area contributed by atoms with Gasteiger partial charge in [0.2, 0.25) is 0 Å². The molecule has 1 heterocycles. The van der Waals surface area contributed by atoms with Crippen LogP contribution in [-0.4, -0.2) is 34.7 Å². The highest BCUT2D eigenvalue weighted by atomic mass is 16.5. The largest absolute Gasteiger partial charge is 0.497 e. The summed E-state index contributed by atoms with van der Waals surface area (Å²) in [6.45, 7) is 0.530. The summed E-state index contributed by atoms with van der Waals surface area (Å²) < 4.78 is 7.13. The fourth-order valence-corrected chi connectivity index (χ4v) is 3.86. The van der Waals surface area contributed by atoms with Gasteiger partial charge in [-0.15, -0.1) is 0 Å². The maximum absolute atomic E-state index is 13.4. The summed E-state index contributed by atoms with van der Waals surface area (Å²) in [5.41, 5.74) is 3.91. The summed E-state index contributed by atoms with van der Waals surface area (Å²) in [6.07, 6.45) is 3.78. The Morgan fingerprint density at radius 1 is 0.971 bits per heavy atom. The zero-order valence-electron chi connectivity index (χ0n) is 19.4. The Morgan fingerprint density at radius 3 is 2.54 bits per heavy atom. The zero-order chi connectivity index (χ0) is 24.2. The molecule has 176 valence electrons. The maximum atomic E-state index is 13.4. The first-order valence-corrected chi connectivity index (χ1v) is 11.6. The molecule has 1 aliphatic rings. The minimum atomic E-state index is -0.304. The fourth-order valence-electron chi connectivity index (χ4n) is 3.86. The number of aromatic nitrogens is 2. The van der Waals surface area contributed by atoms with E-state index in [0.717, 1.165) is 24.0 Å². The number of rotatable bonds is 8. The third-order valence-corrected chi connectivity index (χ3v) is 5.83. The Bertz CT molecular complexity index is 1360. The fraction of sp³-hybridized carbons (Fsp3) is 0.179. The Balaban J connectivity index is 1.44. The number of nitrogens with one attached hydrogen (secondary N) is 2. The minimum absolute atomic E-state index is 0.128. The lowest BCUT2D eigenvalue weighted by atomic mass is 10.1. The van der Waals surface area contributed by atoms with Crippen molar-refractivity contribution in [3.63, 3.8) is 0 Å². The molecule has 7 heteroatoms. The van der Waals surface area contributed by atoms with Crippen LogP contribution >= 0.6 is 0 Å². The summed E-state index contributed by atoms with van der Waals surface area (Å²) in [7, 11) is 1.60. The number of carbonyl (C=O) groups is 2. The van der Waals surface area contributed by atoms with Crippen LogP contribution in [0.5, 0.6) is 5.75 Å². The zero-order valence-corrected chi connectivity index (χ0v) is 19.4. The van der Waals surface area contributed by atoms with Gasteiger partial charge in [-0.05, 0) is 48.7 Å². The second-order valence-corrected chi connectivity index (χ2v) is 8.59. The molecule has 0 unspecified atom stereocenters. The summed E-state index contributed by atoms with van der Waals surface area (Å²) in [5.74, 6) is 0.249. The highest BCUT2D eigenvalue weighted by molar-refractivity contribution is 6.08. The number of anilines is 1. The van der Waals surface area contributed by atoms with Gasteiger partial charge in [0.15, 0.2) is 0 Å². The number of hydrogen-bond acceptors (Lipinski definition) is 4. The lowest BCUT2D eigenvalue weighted by Gasteiger charge is -2.08. The highest BCUT2D eigenvalue weighted by Crippen LogP contribution is 2.27. The molecule has 0 saturated heterocycles. The Labute approximate surface area is 203 Å². The van der Waals surface area contributed by atoms with E-state index >= 15 is 0 Å². The monoisotopic (exact) mass is 466 g/mol. The first-order chi connectivity index (χ1) is 17.1. The topological polar surface area (TPSA) is 85.2 Å². The Kier molecular flexibility index (Phi) is 6.30. The van der Waals surface area contributed by atoms with E-state index in [1.165, 1.54) is 0 Å². The average molecular weight is 467 g/mol. The number of hydrogen-bond donors (Lipinski definition) is 2. The first kappa shape index (κ1) is 22.4. The van der Waals surface area contributed by atoms with Crippen molar-refractivity contribution in [1.29, 1.82) is 0 Å². The van der Waals surface area contributed by atoms with E-state index in [1.54, 1.807) is 42.3 Å². The highest BCUT2D eigenvalue weighted by Gasteiger charge is 2.24. The van der Waals surface area contributed by atoms with Crippen LogP contribution in [0.4, 0.5) is 5.69 Å². The van der Waals surface area contributed by atoms with Crippen LogP contribution in [0.25, 0.3) is 11.3 Å². The maximum Gasteiger partial charge on any atom is 0.259 e. The molecular formula is C28H26N4O3. The van der Waals surface area contributed by atoms with Crippen LogP contribution in [0.1, 0.15) is 39.1 Å². The second-order valence-electron chi connectivity index (χ2n) is 8.59. The standard InChI is InChI=1S/C28H26N4O3/c1-35-24-12-6-9-20(16-24)26-25(18-32(31-26)17-19-7-3-2-4-8-19)28(34)30-23-11-5-10-21(15-23)27(33)29-22-13-14-22/h2-12,15-16,18,22H,13-14,17H2,1H3,(H,29,33)(H,30,34). The van der Waals surface area contributed by atoms with Crippen molar-refractivity contribution >= 4 is 17.5 Å². The number of carbonyl (C=O) groups excluding carboxylic acids is 2. The molecule has 3 aromatic carbocycles. The van der Waals surface area contributed by atoms with Crippen molar-refractivity contribution in [2.45, 2.75) is 25.4 Å². The summed E-state index contributed by atoms with van der Waals surface area (Å²) in [6, 6.07) is 24.7. The van der Waals surface area contributed by atoms with Gasteiger partial charge in [0, 0.05) is 29.1 Å². The van der Waals surface area contributed by atoms with Crippen molar-refractivity contribution in [2.75, 3.05) is 12.4 Å². The molecule has 0 aliphatic heterocycles. The van der Waals surface area contributed by atoms with Crippen LogP contribution in [-0.2, 0) is 6.54 Å². The molecule has 0 radical (unpaired) electrons. The van der Waals surface area contributed by atoms with Gasteiger partial charge in [-0.1, -0.05) is 48.5 Å². The summed E-state index contributed by atoms with van der Waals surface area (Å²) >= 11 is 0. The van der Waals surface area contributed by atoms with Crippen molar-refractivity contribution in [1.82, 2.24) is 15.1 Å². The summed E-state index contributed by atoms with van der Waals surface area (Å²) in [5, 5.41) is 10.6. The van der Waals surface area contributed by atoms with Crippen LogP contribution in [0, 0.1) is 0 Å². The van der Waals surface area contributed by atoms with Gasteiger partial charge in [-0.25, -0.2) is 0 Å². The number of ether oxygens (including phenoxy) is 1. The summed E-state index contributed by atoms with van der Waals surface area (Å²) in [4.78, 5) is 25.8. The molecule has 7 nitrogen and oxygen atoms in total. The SMILES string of the molecule is COc1cccc(-c2nn(Cc3ccccc3)cc2C(=O)Nc2cccc(C(=O)NC3CC3)c2)c1. The lowest BCUT2D eigenvalue weighted by molar-refractivity contribution is 0.0949. The van der Waals surface area contributed by atoms with Crippen LogP contribution < -0.4 is 15.4 Å². The predicted octanol–water partition coefficient (Wildman–Crippen LogP) is 4.75. The number of methoxy groups -OCH3 is 1. The van der Waals surface area contributed by atoms with E-state index in [2.05, 4.69) is 10.6 Å². The molecular weight excluding hydrogens is 440 g/mol. The van der Waals surface area contributed by atoms with Crippen molar-refractivity contribution in [2.24, 2.45) is 0 Å². The molecule has 0 atom stereocenters. The van der Waals surface area contributed by atoms with Gasteiger partial charge in [-0.2, -0.15) is 5.10 Å². The lowest BCUT2D eigenvalue weighted by Crippen LogP contribution is -2.25. The van der Waals surface area contributed by atoms with E-state index in [-0.39, 0.29) is 17.9 Å². The molecule has 2 amide bonds. The van der Waals surface area contributed by atoms with Crippen molar-refractivity contribution in [3.05, 3.63) is 102 Å². The van der Waals surface area contributed by atoms with E-state index in [1.807, 2.05) is 54.6 Å². The van der Waals surface area contributed by atoms with Crippen LogP contribution in [0.2, 0.25) is 0 Å². The minimum Gasteiger partial charge on any atom is -0.497 e. The van der Waals surface area contributed by atoms with E-state index in [4.69, 9.17) is 9.84 Å². The molecule has 4 aromatic rings. The molecule has 5 rings (SSSR count). The van der Waals surface area contributed by atoms with Gasteiger partial charge >= 0.3 is 0 Å². The third-order valence-electron chi connectivity index (χ3n) is 5.83. The average Bonchev–Trinajstić information content (AvgIpc) is 3.60. The van der Waals surface area contributed by atoms with E-state index in [9.17, 15) is 9.59 Å². The van der Waals surface area contributed by atoms with E-state index in [0.29, 0.717) is 34.8 Å². The number of nitrogens with zero attached hydrogens (tertiary/aromatic N) is 2. The molecule has 1 aromatic heterocycles. The molecule has 1 fully saturated rings. The number of benzene rings is 3. The van der Waals surface area contributed by atoms with Gasteiger partial charge in [0.1, 0.15) is 11.4 Å². The Morgan fingerprint density at radius 2 is 1.77 bits per heavy atom. The molecule has 35 heavy (non-hydrogen) atoms. The molecule has 0 bridgehead atoms. The normalized spacial score (nSPS) is 12.7. The first-order valence-electron chi connectivity index (χ1n) is 11.6. The number of amides is 2. The predicted molar refractivity (Wildman–Crippen MR) is 135 cm³/mol. The third kappa shape index (κ3) is 5.41. The molecule has 1 saturated carbocycles. The Hall–Kier alpha value is -4.39. The molecule has 1 aliphatic carbocycles. The molecule has 2 N–H and O–H groups in total. The van der Waals surface area contributed by atoms with Gasteiger partial charge in [-0.3, -0.25) is 14.3 Å². The van der Waals surface area contributed by atoms with Crippen LogP contribution in [0.15, 0.2) is 85.1 Å². The van der Waals surface area contributed by atoms with Crippen LogP contribution in [0.3, 0.4) is 0 Å². The van der Waals surface area contributed by atoms with Crippen molar-refractivity contribution < 1.29 is 14.3 Å². The van der Waals surface area contributed by atoms with Gasteiger partial charge in [0.25, 0.3) is 11.8 Å². The van der Waals surface area contributed by atoms with Crippen molar-refractivity contribution in [3.8, 4) is 17.0 Å². The van der Waals surface area contributed by atoms with E-state index < -0.39 is 0 Å². The molecule has 0 spiro atoms. The second kappa shape index (κ2) is 9.85. The smallest absolute Gasteiger partial charge is 0.259 e. The van der Waals surface area contributed by atoms with Gasteiger partial charge in [0.05, 0.1) is 19.2 Å². The van der Waals surface area contributed by atoms with Gasteiger partial charge < -0.3 is 15.4 Å². The quantitative estimate of drug-likeness (QED) is 0.392.